The number of benzene rings is 3. The Morgan fingerprint density at radius 3 is 2.41 bits per heavy atom. The lowest BCUT2D eigenvalue weighted by molar-refractivity contribution is 0.0697. The predicted molar refractivity (Wildman–Crippen MR) is 121 cm³/mol. The monoisotopic (exact) mass is 513 g/mol. The van der Waals surface area contributed by atoms with Crippen molar-refractivity contribution in [2.75, 3.05) is 5.32 Å². The Kier molecular flexibility index (Phi) is 7.30. The molecule has 2 N–H and O–H groups in total. The molecule has 0 atom stereocenters. The lowest BCUT2D eigenvalue weighted by Gasteiger charge is -2.15. The summed E-state index contributed by atoms with van der Waals surface area (Å²) in [5.74, 6) is -0.425. The molecule has 0 aliphatic carbocycles. The molecule has 0 fully saturated rings. The molecule has 0 saturated heterocycles. The SMILES string of the molecule is O=C(O)c1cc(NCc2cc(Br)ccc2OCc2c(Cl)cccc2Cl)ccc1Cl. The highest BCUT2D eigenvalue weighted by Crippen LogP contribution is 2.29. The van der Waals surface area contributed by atoms with Crippen LogP contribution in [0.25, 0.3) is 0 Å². The quantitative estimate of drug-likeness (QED) is 0.347. The maximum Gasteiger partial charge on any atom is 0.337 e. The molecule has 29 heavy (non-hydrogen) atoms. The Hall–Kier alpha value is -1.92. The average Bonchev–Trinajstić information content (AvgIpc) is 2.68. The van der Waals surface area contributed by atoms with E-state index in [1.807, 2.05) is 18.2 Å². The summed E-state index contributed by atoms with van der Waals surface area (Å²) in [5, 5.41) is 13.7. The van der Waals surface area contributed by atoms with Crippen LogP contribution in [-0.4, -0.2) is 11.1 Å². The molecule has 0 aliphatic heterocycles. The second-order valence-electron chi connectivity index (χ2n) is 6.09. The first-order valence-electron chi connectivity index (χ1n) is 8.46. The zero-order valence-corrected chi connectivity index (χ0v) is 18.7. The fourth-order valence-corrected chi connectivity index (χ4v) is 3.76. The van der Waals surface area contributed by atoms with Gasteiger partial charge in [0, 0.05) is 37.9 Å². The zero-order chi connectivity index (χ0) is 21.0. The first-order valence-corrected chi connectivity index (χ1v) is 10.4. The van der Waals surface area contributed by atoms with Gasteiger partial charge in [-0.1, -0.05) is 56.8 Å². The van der Waals surface area contributed by atoms with Crippen LogP contribution in [0.15, 0.2) is 59.1 Å². The van der Waals surface area contributed by atoms with Gasteiger partial charge in [0.2, 0.25) is 0 Å². The number of hydrogen-bond acceptors (Lipinski definition) is 3. The number of carbonyl (C=O) groups is 1. The molecule has 0 spiro atoms. The average molecular weight is 516 g/mol. The number of carboxylic acid groups (broad SMARTS) is 1. The lowest BCUT2D eigenvalue weighted by Crippen LogP contribution is -2.05. The highest BCUT2D eigenvalue weighted by Gasteiger charge is 2.12. The molecule has 0 amide bonds. The molecule has 0 aromatic heterocycles. The van der Waals surface area contributed by atoms with Crippen molar-refractivity contribution >= 4 is 62.4 Å². The highest BCUT2D eigenvalue weighted by molar-refractivity contribution is 9.10. The second kappa shape index (κ2) is 9.72. The minimum atomic E-state index is -1.08. The lowest BCUT2D eigenvalue weighted by atomic mass is 10.1. The van der Waals surface area contributed by atoms with Gasteiger partial charge in [0.05, 0.1) is 10.6 Å². The third-order valence-corrected chi connectivity index (χ3v) is 5.67. The van der Waals surface area contributed by atoms with E-state index >= 15 is 0 Å². The third-order valence-electron chi connectivity index (χ3n) is 4.14. The zero-order valence-electron chi connectivity index (χ0n) is 14.9. The molecule has 3 rings (SSSR count). The number of aromatic carboxylic acids is 1. The van der Waals surface area contributed by atoms with Crippen LogP contribution in [0.2, 0.25) is 15.1 Å². The number of ether oxygens (including phenoxy) is 1. The first kappa shape index (κ1) is 21.8. The van der Waals surface area contributed by atoms with Gasteiger partial charge in [-0.25, -0.2) is 4.79 Å². The van der Waals surface area contributed by atoms with E-state index in [9.17, 15) is 9.90 Å². The number of carboxylic acids is 1. The number of hydrogen-bond donors (Lipinski definition) is 2. The predicted octanol–water partition coefficient (Wildman–Crippen LogP) is 7.30. The van der Waals surface area contributed by atoms with E-state index in [1.165, 1.54) is 6.07 Å². The smallest absolute Gasteiger partial charge is 0.337 e. The molecule has 8 heteroatoms. The van der Waals surface area contributed by atoms with Crippen LogP contribution in [0.4, 0.5) is 5.69 Å². The normalized spacial score (nSPS) is 10.6. The van der Waals surface area contributed by atoms with Crippen LogP contribution in [0, 0.1) is 0 Å². The minimum absolute atomic E-state index is 0.0377. The van der Waals surface area contributed by atoms with Crippen molar-refractivity contribution in [3.05, 3.63) is 90.8 Å². The Morgan fingerprint density at radius 2 is 1.72 bits per heavy atom. The number of halogens is 4. The fraction of sp³-hybridized carbons (Fsp3) is 0.0952. The molecular weight excluding hydrogens is 500 g/mol. The van der Waals surface area contributed by atoms with Crippen LogP contribution >= 0.6 is 50.7 Å². The molecule has 0 bridgehead atoms. The summed E-state index contributed by atoms with van der Waals surface area (Å²) in [6, 6.07) is 15.7. The van der Waals surface area contributed by atoms with Crippen molar-refractivity contribution in [2.45, 2.75) is 13.2 Å². The molecule has 0 saturated carbocycles. The van der Waals surface area contributed by atoms with Gasteiger partial charge < -0.3 is 15.2 Å². The van der Waals surface area contributed by atoms with Gasteiger partial charge in [0.25, 0.3) is 0 Å². The Labute approximate surface area is 191 Å². The highest BCUT2D eigenvalue weighted by atomic mass is 79.9. The van der Waals surface area contributed by atoms with Crippen molar-refractivity contribution in [3.8, 4) is 5.75 Å². The second-order valence-corrected chi connectivity index (χ2v) is 8.23. The van der Waals surface area contributed by atoms with Gasteiger partial charge in [-0.05, 0) is 48.5 Å². The van der Waals surface area contributed by atoms with Gasteiger partial charge in [-0.15, -0.1) is 0 Å². The van der Waals surface area contributed by atoms with E-state index in [0.717, 1.165) is 10.0 Å². The number of anilines is 1. The van der Waals surface area contributed by atoms with Gasteiger partial charge in [0.1, 0.15) is 12.4 Å². The van der Waals surface area contributed by atoms with Crippen molar-refractivity contribution in [3.63, 3.8) is 0 Å². The van der Waals surface area contributed by atoms with Crippen LogP contribution in [0.1, 0.15) is 21.5 Å². The van der Waals surface area contributed by atoms with Crippen LogP contribution in [0.3, 0.4) is 0 Å². The van der Waals surface area contributed by atoms with Crippen molar-refractivity contribution < 1.29 is 14.6 Å². The van der Waals surface area contributed by atoms with E-state index in [4.69, 9.17) is 39.5 Å². The summed E-state index contributed by atoms with van der Waals surface area (Å²) in [5.41, 5.74) is 2.25. The number of rotatable bonds is 7. The van der Waals surface area contributed by atoms with Gasteiger partial charge in [0.15, 0.2) is 0 Å². The maximum atomic E-state index is 11.3. The largest absolute Gasteiger partial charge is 0.488 e. The summed E-state index contributed by atoms with van der Waals surface area (Å²) >= 11 is 21.8. The summed E-state index contributed by atoms with van der Waals surface area (Å²) in [7, 11) is 0. The maximum absolute atomic E-state index is 11.3. The Morgan fingerprint density at radius 1 is 1.00 bits per heavy atom. The Bertz CT molecular complexity index is 1040. The molecule has 3 aromatic rings. The molecule has 0 heterocycles. The van der Waals surface area contributed by atoms with Crippen molar-refractivity contribution in [1.82, 2.24) is 0 Å². The van der Waals surface area contributed by atoms with Crippen LogP contribution < -0.4 is 10.1 Å². The van der Waals surface area contributed by atoms with E-state index in [-0.39, 0.29) is 17.2 Å². The summed E-state index contributed by atoms with van der Waals surface area (Å²) in [6.45, 7) is 0.628. The number of nitrogens with one attached hydrogen (secondary N) is 1. The van der Waals surface area contributed by atoms with Crippen LogP contribution in [-0.2, 0) is 13.2 Å². The molecule has 0 unspecified atom stereocenters. The Balaban J connectivity index is 1.77. The van der Waals surface area contributed by atoms with E-state index in [0.29, 0.717) is 33.6 Å². The minimum Gasteiger partial charge on any atom is -0.488 e. The molecule has 3 aromatic carbocycles. The van der Waals surface area contributed by atoms with E-state index in [2.05, 4.69) is 21.2 Å². The molecule has 0 aliphatic rings. The molecule has 150 valence electrons. The summed E-state index contributed by atoms with van der Waals surface area (Å²) in [6.07, 6.45) is 0. The van der Waals surface area contributed by atoms with Crippen molar-refractivity contribution in [1.29, 1.82) is 0 Å². The standard InChI is InChI=1S/C21H15BrCl3NO3/c22-13-4-7-20(29-11-16-17(23)2-1-3-18(16)24)12(8-13)10-26-14-5-6-19(25)15(9-14)21(27)28/h1-9,26H,10-11H2,(H,27,28). The van der Waals surface area contributed by atoms with Crippen molar-refractivity contribution in [2.24, 2.45) is 0 Å². The van der Waals surface area contributed by atoms with E-state index in [1.54, 1.807) is 30.3 Å². The first-order chi connectivity index (χ1) is 13.8. The van der Waals surface area contributed by atoms with Crippen LogP contribution in [0.5, 0.6) is 5.75 Å². The van der Waals surface area contributed by atoms with Gasteiger partial charge in [-0.3, -0.25) is 0 Å². The van der Waals surface area contributed by atoms with Gasteiger partial charge >= 0.3 is 5.97 Å². The summed E-state index contributed by atoms with van der Waals surface area (Å²) in [4.78, 5) is 11.3. The molecule has 0 radical (unpaired) electrons. The topological polar surface area (TPSA) is 58.6 Å². The van der Waals surface area contributed by atoms with Gasteiger partial charge in [-0.2, -0.15) is 0 Å². The van der Waals surface area contributed by atoms with E-state index < -0.39 is 5.97 Å². The molecular formula is C21H15BrCl3NO3. The third kappa shape index (κ3) is 5.58. The summed E-state index contributed by atoms with van der Waals surface area (Å²) < 4.78 is 6.85. The fourth-order valence-electron chi connectivity index (χ4n) is 2.64. The molecule has 4 nitrogen and oxygen atoms in total.